The van der Waals surface area contributed by atoms with Crippen LogP contribution < -0.4 is 15.4 Å². The Balaban J connectivity index is 1.75. The molecule has 1 saturated heterocycles. The van der Waals surface area contributed by atoms with Crippen molar-refractivity contribution in [3.63, 3.8) is 0 Å². The molecule has 1 unspecified atom stereocenters. The molecule has 0 radical (unpaired) electrons. The van der Waals surface area contributed by atoms with E-state index in [-0.39, 0.29) is 36.4 Å². The molecule has 0 spiro atoms. The van der Waals surface area contributed by atoms with Crippen LogP contribution in [0.5, 0.6) is 5.75 Å². The summed E-state index contributed by atoms with van der Waals surface area (Å²) in [6.07, 6.45) is -2.64. The average molecular weight is 332 g/mol. The summed E-state index contributed by atoms with van der Waals surface area (Å²) in [5, 5.41) is 5.53. The van der Waals surface area contributed by atoms with Gasteiger partial charge in [0.2, 0.25) is 5.91 Å². The minimum atomic E-state index is -4.76. The topological polar surface area (TPSA) is 59.6 Å². The molecule has 2 rings (SSSR count). The molecule has 8 heteroatoms. The summed E-state index contributed by atoms with van der Waals surface area (Å²) < 4.78 is 46.2. The van der Waals surface area contributed by atoms with Crippen LogP contribution in [0.25, 0.3) is 0 Å². The molecule has 0 aromatic heterocycles. The lowest BCUT2D eigenvalue weighted by Crippen LogP contribution is -2.37. The highest BCUT2D eigenvalue weighted by atomic mass is 19.4. The van der Waals surface area contributed by atoms with Gasteiger partial charge in [-0.2, -0.15) is 0 Å². The van der Waals surface area contributed by atoms with Gasteiger partial charge in [0.1, 0.15) is 5.75 Å². The van der Waals surface area contributed by atoms with Crippen molar-refractivity contribution >= 4 is 5.91 Å². The van der Waals surface area contributed by atoms with Crippen molar-refractivity contribution in [3.8, 4) is 5.75 Å². The Kier molecular flexibility index (Phi) is 6.23. The monoisotopic (exact) mass is 332 g/mol. The van der Waals surface area contributed by atoms with Gasteiger partial charge in [-0.15, -0.1) is 13.2 Å². The number of para-hydroxylation sites is 1. The summed E-state index contributed by atoms with van der Waals surface area (Å²) in [6.45, 7) is 1.38. The van der Waals surface area contributed by atoms with E-state index in [9.17, 15) is 18.0 Å². The molecule has 0 aliphatic carbocycles. The van der Waals surface area contributed by atoms with E-state index in [1.165, 1.54) is 18.2 Å². The molecule has 5 nitrogen and oxygen atoms in total. The summed E-state index contributed by atoms with van der Waals surface area (Å²) >= 11 is 0. The van der Waals surface area contributed by atoms with Crippen LogP contribution in [-0.2, 0) is 16.1 Å². The van der Waals surface area contributed by atoms with Crippen LogP contribution >= 0.6 is 0 Å². The fourth-order valence-corrected chi connectivity index (χ4v) is 2.28. The van der Waals surface area contributed by atoms with Crippen molar-refractivity contribution in [3.05, 3.63) is 29.8 Å². The lowest BCUT2D eigenvalue weighted by Gasteiger charge is -2.14. The fourth-order valence-electron chi connectivity index (χ4n) is 2.28. The molecule has 1 atom stereocenters. The molecule has 0 saturated carbocycles. The number of halogens is 3. The Hall–Kier alpha value is -1.80. The number of amides is 1. The highest BCUT2D eigenvalue weighted by molar-refractivity contribution is 5.78. The zero-order valence-corrected chi connectivity index (χ0v) is 12.5. The van der Waals surface area contributed by atoms with Crippen molar-refractivity contribution < 1.29 is 27.4 Å². The second-order valence-corrected chi connectivity index (χ2v) is 5.20. The second kappa shape index (κ2) is 8.16. The van der Waals surface area contributed by atoms with Crippen LogP contribution in [0.1, 0.15) is 18.4 Å². The summed E-state index contributed by atoms with van der Waals surface area (Å²) in [5.74, 6) is -0.613. The lowest BCUT2D eigenvalue weighted by atomic mass is 10.2. The smallest absolute Gasteiger partial charge is 0.405 e. The van der Waals surface area contributed by atoms with Crippen LogP contribution in [0, 0.1) is 0 Å². The van der Waals surface area contributed by atoms with Gasteiger partial charge in [0.25, 0.3) is 0 Å². The van der Waals surface area contributed by atoms with Crippen molar-refractivity contribution in [1.82, 2.24) is 10.6 Å². The maximum atomic E-state index is 12.3. The Morgan fingerprint density at radius 3 is 2.83 bits per heavy atom. The first-order chi connectivity index (χ1) is 10.9. The first-order valence-electron chi connectivity index (χ1n) is 7.37. The van der Waals surface area contributed by atoms with Gasteiger partial charge in [-0.1, -0.05) is 18.2 Å². The van der Waals surface area contributed by atoms with Gasteiger partial charge in [-0.25, -0.2) is 0 Å². The van der Waals surface area contributed by atoms with Crippen molar-refractivity contribution in [2.45, 2.75) is 31.9 Å². The molecule has 1 aliphatic rings. The minimum Gasteiger partial charge on any atom is -0.405 e. The molecular weight excluding hydrogens is 313 g/mol. The molecule has 1 aliphatic heterocycles. The van der Waals surface area contributed by atoms with Crippen LogP contribution in [0.2, 0.25) is 0 Å². The predicted molar refractivity (Wildman–Crippen MR) is 76.8 cm³/mol. The standard InChI is InChI=1S/C15H19F3N2O3/c16-15(17,18)23-13-6-2-1-4-11(13)8-20-14(21)10-19-9-12-5-3-7-22-12/h1-2,4,6,12,19H,3,5,7-10H2,(H,20,21). The van der Waals surface area contributed by atoms with Gasteiger partial charge in [0.05, 0.1) is 12.6 Å². The highest BCUT2D eigenvalue weighted by Gasteiger charge is 2.31. The van der Waals surface area contributed by atoms with Crippen molar-refractivity contribution in [2.24, 2.45) is 0 Å². The third-order valence-electron chi connectivity index (χ3n) is 3.36. The summed E-state index contributed by atoms with van der Waals surface area (Å²) in [7, 11) is 0. The largest absolute Gasteiger partial charge is 0.573 e. The third-order valence-corrected chi connectivity index (χ3v) is 3.36. The van der Waals surface area contributed by atoms with E-state index in [1.807, 2.05) is 0 Å². The number of ether oxygens (including phenoxy) is 2. The van der Waals surface area contributed by atoms with E-state index in [2.05, 4.69) is 15.4 Å². The number of carbonyl (C=O) groups is 1. The lowest BCUT2D eigenvalue weighted by molar-refractivity contribution is -0.274. The number of hydrogen-bond donors (Lipinski definition) is 2. The zero-order chi connectivity index (χ0) is 16.7. The highest BCUT2D eigenvalue weighted by Crippen LogP contribution is 2.25. The molecular formula is C15H19F3N2O3. The molecule has 1 fully saturated rings. The van der Waals surface area contributed by atoms with Gasteiger partial charge >= 0.3 is 6.36 Å². The fraction of sp³-hybridized carbons (Fsp3) is 0.533. The maximum absolute atomic E-state index is 12.3. The number of rotatable bonds is 7. The molecule has 1 aromatic carbocycles. The zero-order valence-electron chi connectivity index (χ0n) is 12.5. The first-order valence-corrected chi connectivity index (χ1v) is 7.37. The Bertz CT molecular complexity index is 517. The first kappa shape index (κ1) is 17.6. The Morgan fingerprint density at radius 2 is 2.13 bits per heavy atom. The summed E-state index contributed by atoms with van der Waals surface area (Å²) in [4.78, 5) is 11.7. The van der Waals surface area contributed by atoms with Crippen molar-refractivity contribution in [1.29, 1.82) is 0 Å². The van der Waals surface area contributed by atoms with E-state index in [0.717, 1.165) is 19.4 Å². The number of alkyl halides is 3. The number of hydrogen-bond acceptors (Lipinski definition) is 4. The second-order valence-electron chi connectivity index (χ2n) is 5.20. The summed E-state index contributed by atoms with van der Waals surface area (Å²) in [6, 6.07) is 5.71. The van der Waals surface area contributed by atoms with Gasteiger partial charge in [-0.3, -0.25) is 4.79 Å². The molecule has 23 heavy (non-hydrogen) atoms. The molecule has 2 N–H and O–H groups in total. The Morgan fingerprint density at radius 1 is 1.35 bits per heavy atom. The van der Waals surface area contributed by atoms with Crippen molar-refractivity contribution in [2.75, 3.05) is 19.7 Å². The molecule has 1 amide bonds. The van der Waals surface area contributed by atoms with E-state index in [0.29, 0.717) is 6.54 Å². The van der Waals surface area contributed by atoms with E-state index in [4.69, 9.17) is 4.74 Å². The maximum Gasteiger partial charge on any atom is 0.573 e. The van der Waals surface area contributed by atoms with E-state index >= 15 is 0 Å². The number of nitrogens with one attached hydrogen (secondary N) is 2. The molecule has 1 aromatic rings. The minimum absolute atomic E-state index is 0.0350. The van der Waals surface area contributed by atoms with E-state index in [1.54, 1.807) is 6.07 Å². The molecule has 1 heterocycles. The SMILES string of the molecule is O=C(CNCC1CCCO1)NCc1ccccc1OC(F)(F)F. The number of carbonyl (C=O) groups excluding carboxylic acids is 1. The average Bonchev–Trinajstić information content (AvgIpc) is 2.98. The quantitative estimate of drug-likeness (QED) is 0.801. The third kappa shape index (κ3) is 6.45. The van der Waals surface area contributed by atoms with Gasteiger partial charge in [0, 0.05) is 25.3 Å². The Labute approximate surface area is 132 Å². The predicted octanol–water partition coefficient (Wildman–Crippen LogP) is 1.97. The molecule has 0 bridgehead atoms. The molecule has 128 valence electrons. The van der Waals surface area contributed by atoms with Crippen LogP contribution in [-0.4, -0.2) is 38.1 Å². The normalized spacial score (nSPS) is 18.0. The van der Waals surface area contributed by atoms with Crippen LogP contribution in [0.4, 0.5) is 13.2 Å². The van der Waals surface area contributed by atoms with Gasteiger partial charge in [-0.05, 0) is 18.9 Å². The van der Waals surface area contributed by atoms with Crippen LogP contribution in [0.15, 0.2) is 24.3 Å². The number of benzene rings is 1. The van der Waals surface area contributed by atoms with Gasteiger partial charge in [0.15, 0.2) is 0 Å². The summed E-state index contributed by atoms with van der Waals surface area (Å²) in [5.41, 5.74) is 0.261. The van der Waals surface area contributed by atoms with E-state index < -0.39 is 6.36 Å². The van der Waals surface area contributed by atoms with Gasteiger partial charge < -0.3 is 20.1 Å². The van der Waals surface area contributed by atoms with Crippen LogP contribution in [0.3, 0.4) is 0 Å².